The highest BCUT2D eigenvalue weighted by Crippen LogP contribution is 2.35. The molecule has 1 aliphatic carbocycles. The zero-order valence-corrected chi connectivity index (χ0v) is 10.7. The minimum Gasteiger partial charge on any atom is -0.479 e. The Labute approximate surface area is 98.2 Å². The summed E-state index contributed by atoms with van der Waals surface area (Å²) >= 11 is 0. The van der Waals surface area contributed by atoms with Gasteiger partial charge >= 0.3 is 5.97 Å². The molecular formula is C13H24O3. The van der Waals surface area contributed by atoms with Gasteiger partial charge in [0.1, 0.15) is 0 Å². The maximum absolute atomic E-state index is 11.5. The van der Waals surface area contributed by atoms with E-state index in [1.807, 2.05) is 20.8 Å². The molecule has 94 valence electrons. The van der Waals surface area contributed by atoms with E-state index in [1.165, 1.54) is 0 Å². The van der Waals surface area contributed by atoms with Gasteiger partial charge in [0.15, 0.2) is 5.60 Å². The quantitative estimate of drug-likeness (QED) is 0.750. The lowest BCUT2D eigenvalue weighted by Gasteiger charge is -2.37. The minimum atomic E-state index is -0.935. The van der Waals surface area contributed by atoms with Crippen LogP contribution in [-0.4, -0.2) is 22.3 Å². The van der Waals surface area contributed by atoms with Crippen molar-refractivity contribution in [1.82, 2.24) is 0 Å². The largest absolute Gasteiger partial charge is 0.479 e. The summed E-state index contributed by atoms with van der Waals surface area (Å²) in [7, 11) is 0. The minimum absolute atomic E-state index is 0.345. The van der Waals surface area contributed by atoms with Crippen LogP contribution in [0, 0.1) is 0 Å². The molecule has 0 aromatic heterocycles. The Morgan fingerprint density at radius 2 is 1.75 bits per heavy atom. The van der Waals surface area contributed by atoms with E-state index in [-0.39, 0.29) is 5.60 Å². The van der Waals surface area contributed by atoms with E-state index >= 15 is 0 Å². The normalized spacial score (nSPS) is 21.4. The van der Waals surface area contributed by atoms with E-state index in [0.29, 0.717) is 12.8 Å². The van der Waals surface area contributed by atoms with Crippen molar-refractivity contribution in [3.63, 3.8) is 0 Å². The summed E-state index contributed by atoms with van der Waals surface area (Å²) in [5.74, 6) is -0.782. The van der Waals surface area contributed by atoms with Crippen molar-refractivity contribution in [2.24, 2.45) is 0 Å². The molecule has 0 bridgehead atoms. The zero-order chi connectivity index (χ0) is 12.2. The maximum Gasteiger partial charge on any atom is 0.335 e. The Morgan fingerprint density at radius 1 is 1.25 bits per heavy atom. The molecule has 3 heteroatoms. The first kappa shape index (κ1) is 13.5. The number of carboxylic acid groups (broad SMARTS) is 1. The third-order valence-corrected chi connectivity index (χ3v) is 3.62. The standard InChI is InChI=1S/C13H24O3/c1-4-12(2,3)16-13(11(14)15)9-7-5-6-8-10-13/h4-10H2,1-3H3,(H,14,15). The molecule has 0 amide bonds. The first-order valence-corrected chi connectivity index (χ1v) is 6.35. The lowest BCUT2D eigenvalue weighted by Crippen LogP contribution is -2.47. The van der Waals surface area contributed by atoms with Crippen molar-refractivity contribution in [2.45, 2.75) is 76.9 Å². The third-order valence-electron chi connectivity index (χ3n) is 3.62. The summed E-state index contributed by atoms with van der Waals surface area (Å²) in [5, 5.41) is 9.45. The molecule has 0 aromatic carbocycles. The number of hydrogen-bond acceptors (Lipinski definition) is 2. The molecule has 0 heterocycles. The van der Waals surface area contributed by atoms with E-state index in [2.05, 4.69) is 0 Å². The smallest absolute Gasteiger partial charge is 0.335 e. The predicted molar refractivity (Wildman–Crippen MR) is 63.5 cm³/mol. The van der Waals surface area contributed by atoms with Crippen molar-refractivity contribution in [2.75, 3.05) is 0 Å². The van der Waals surface area contributed by atoms with Gasteiger partial charge in [0.05, 0.1) is 5.60 Å². The predicted octanol–water partition coefficient (Wildman–Crippen LogP) is 3.37. The molecule has 1 saturated carbocycles. The van der Waals surface area contributed by atoms with Crippen molar-refractivity contribution in [1.29, 1.82) is 0 Å². The first-order chi connectivity index (χ1) is 7.42. The van der Waals surface area contributed by atoms with Gasteiger partial charge in [-0.1, -0.05) is 19.8 Å². The topological polar surface area (TPSA) is 46.5 Å². The summed E-state index contributed by atoms with van der Waals surface area (Å²) in [5.41, 5.74) is -1.28. The highest BCUT2D eigenvalue weighted by Gasteiger charge is 2.43. The molecule has 0 aromatic rings. The fourth-order valence-corrected chi connectivity index (χ4v) is 2.26. The summed E-state index contributed by atoms with van der Waals surface area (Å²) in [6, 6.07) is 0. The van der Waals surface area contributed by atoms with E-state index in [0.717, 1.165) is 32.1 Å². The second-order valence-corrected chi connectivity index (χ2v) is 5.43. The average molecular weight is 228 g/mol. The Bertz CT molecular complexity index is 238. The van der Waals surface area contributed by atoms with Gasteiger partial charge in [-0.05, 0) is 46.0 Å². The fourth-order valence-electron chi connectivity index (χ4n) is 2.26. The molecule has 16 heavy (non-hydrogen) atoms. The van der Waals surface area contributed by atoms with Crippen LogP contribution in [0.1, 0.15) is 65.7 Å². The van der Waals surface area contributed by atoms with Crippen LogP contribution >= 0.6 is 0 Å². The van der Waals surface area contributed by atoms with Crippen molar-refractivity contribution in [3.8, 4) is 0 Å². The zero-order valence-electron chi connectivity index (χ0n) is 10.7. The van der Waals surface area contributed by atoms with E-state index in [1.54, 1.807) is 0 Å². The van der Waals surface area contributed by atoms with Crippen molar-refractivity contribution < 1.29 is 14.6 Å². The van der Waals surface area contributed by atoms with Crippen LogP contribution in [-0.2, 0) is 9.53 Å². The second-order valence-electron chi connectivity index (χ2n) is 5.43. The highest BCUT2D eigenvalue weighted by atomic mass is 16.5. The molecule has 1 aliphatic rings. The van der Waals surface area contributed by atoms with Crippen LogP contribution in [0.25, 0.3) is 0 Å². The van der Waals surface area contributed by atoms with E-state index in [9.17, 15) is 9.90 Å². The number of aliphatic carboxylic acids is 1. The summed E-state index contributed by atoms with van der Waals surface area (Å²) in [6.45, 7) is 5.98. The number of carbonyl (C=O) groups is 1. The maximum atomic E-state index is 11.5. The van der Waals surface area contributed by atoms with Gasteiger partial charge in [0.25, 0.3) is 0 Å². The number of ether oxygens (including phenoxy) is 1. The van der Waals surface area contributed by atoms with Crippen LogP contribution in [0.3, 0.4) is 0 Å². The van der Waals surface area contributed by atoms with Crippen LogP contribution < -0.4 is 0 Å². The van der Waals surface area contributed by atoms with Gasteiger partial charge in [-0.2, -0.15) is 0 Å². The Morgan fingerprint density at radius 3 is 2.12 bits per heavy atom. The number of carboxylic acids is 1. The lowest BCUT2D eigenvalue weighted by atomic mass is 9.92. The van der Waals surface area contributed by atoms with Crippen LogP contribution in [0.5, 0.6) is 0 Å². The molecule has 0 spiro atoms. The van der Waals surface area contributed by atoms with Gasteiger partial charge in [-0.15, -0.1) is 0 Å². The Balaban J connectivity index is 2.82. The molecular weight excluding hydrogens is 204 g/mol. The molecule has 1 rings (SSSR count). The molecule has 0 aliphatic heterocycles. The van der Waals surface area contributed by atoms with Crippen LogP contribution in [0.15, 0.2) is 0 Å². The molecule has 0 atom stereocenters. The molecule has 1 fully saturated rings. The van der Waals surface area contributed by atoms with Crippen molar-refractivity contribution in [3.05, 3.63) is 0 Å². The van der Waals surface area contributed by atoms with Gasteiger partial charge < -0.3 is 9.84 Å². The van der Waals surface area contributed by atoms with Gasteiger partial charge in [0.2, 0.25) is 0 Å². The first-order valence-electron chi connectivity index (χ1n) is 6.35. The molecule has 0 saturated heterocycles. The van der Waals surface area contributed by atoms with Crippen molar-refractivity contribution >= 4 is 5.97 Å². The molecule has 0 unspecified atom stereocenters. The van der Waals surface area contributed by atoms with E-state index in [4.69, 9.17) is 4.74 Å². The summed E-state index contributed by atoms with van der Waals surface area (Å²) in [6.07, 6.45) is 6.34. The SMILES string of the molecule is CCC(C)(C)OC1(C(=O)O)CCCCCC1. The molecule has 1 N–H and O–H groups in total. The highest BCUT2D eigenvalue weighted by molar-refractivity contribution is 5.77. The average Bonchev–Trinajstić information content (AvgIpc) is 2.44. The van der Waals surface area contributed by atoms with Gasteiger partial charge in [0, 0.05) is 0 Å². The fraction of sp³-hybridized carbons (Fsp3) is 0.923. The second kappa shape index (κ2) is 5.17. The molecule has 0 radical (unpaired) electrons. The van der Waals surface area contributed by atoms with Crippen LogP contribution in [0.2, 0.25) is 0 Å². The monoisotopic (exact) mass is 228 g/mol. The Hall–Kier alpha value is -0.570. The number of rotatable bonds is 4. The number of hydrogen-bond donors (Lipinski definition) is 1. The Kier molecular flexibility index (Phi) is 4.36. The molecule has 3 nitrogen and oxygen atoms in total. The van der Waals surface area contributed by atoms with E-state index < -0.39 is 11.6 Å². The van der Waals surface area contributed by atoms with Gasteiger partial charge in [-0.25, -0.2) is 4.79 Å². The van der Waals surface area contributed by atoms with Crippen LogP contribution in [0.4, 0.5) is 0 Å². The van der Waals surface area contributed by atoms with Gasteiger partial charge in [-0.3, -0.25) is 0 Å². The lowest BCUT2D eigenvalue weighted by molar-refractivity contribution is -0.191. The summed E-state index contributed by atoms with van der Waals surface area (Å²) in [4.78, 5) is 11.5. The summed E-state index contributed by atoms with van der Waals surface area (Å²) < 4.78 is 5.96. The third kappa shape index (κ3) is 3.21.